The van der Waals surface area contributed by atoms with E-state index in [4.69, 9.17) is 23.8 Å². The molecule has 0 aromatic heterocycles. The summed E-state index contributed by atoms with van der Waals surface area (Å²) in [6.45, 7) is 8.58. The van der Waals surface area contributed by atoms with E-state index in [0.717, 1.165) is 36.8 Å². The molecule has 1 saturated carbocycles. The molecule has 54 heavy (non-hydrogen) atoms. The number of amides is 2. The van der Waals surface area contributed by atoms with E-state index >= 15 is 0 Å². The van der Waals surface area contributed by atoms with Crippen LogP contribution in [0.15, 0.2) is 71.9 Å². The lowest BCUT2D eigenvalue weighted by atomic mass is 9.55. The molecule has 1 heterocycles. The number of oxime groups is 1. The van der Waals surface area contributed by atoms with Gasteiger partial charge in [0, 0.05) is 44.2 Å². The van der Waals surface area contributed by atoms with Crippen LogP contribution < -0.4 is 14.8 Å². The maximum absolute atomic E-state index is 14.0. The first-order chi connectivity index (χ1) is 26.2. The highest BCUT2D eigenvalue weighted by Gasteiger charge is 2.65. The van der Waals surface area contributed by atoms with Gasteiger partial charge in [-0.2, -0.15) is 0 Å². The molecule has 6 atom stereocenters. The lowest BCUT2D eigenvalue weighted by molar-refractivity contribution is -0.256. The summed E-state index contributed by atoms with van der Waals surface area (Å²) in [4.78, 5) is 33.8. The molecule has 0 radical (unpaired) electrons. The number of aliphatic hydroxyl groups excluding tert-OH is 2. The summed E-state index contributed by atoms with van der Waals surface area (Å²) in [5.74, 6) is -1.92. The molecular weight excluding hydrogens is 697 g/mol. The number of ether oxygens (including phenoxy) is 4. The Morgan fingerprint density at radius 2 is 1.83 bits per heavy atom. The lowest BCUT2D eigenvalue weighted by Gasteiger charge is -2.59. The summed E-state index contributed by atoms with van der Waals surface area (Å²) in [6.07, 6.45) is 7.16. The predicted molar refractivity (Wildman–Crippen MR) is 201 cm³/mol. The van der Waals surface area contributed by atoms with Crippen LogP contribution >= 0.6 is 0 Å². The number of nitrogens with zero attached hydrogens (tertiary/aromatic N) is 2. The Morgan fingerprint density at radius 3 is 2.50 bits per heavy atom. The molecule has 2 aliphatic carbocycles. The van der Waals surface area contributed by atoms with Crippen LogP contribution in [0.4, 0.5) is 14.0 Å². The molecule has 3 aliphatic rings. The van der Waals surface area contributed by atoms with Gasteiger partial charge in [-0.15, -0.1) is 6.58 Å². The number of nitrogens with one attached hydrogen (secondary N) is 1. The van der Waals surface area contributed by atoms with E-state index in [1.165, 1.54) is 19.2 Å². The zero-order valence-electron chi connectivity index (χ0n) is 31.5. The van der Waals surface area contributed by atoms with Gasteiger partial charge < -0.3 is 39.3 Å². The first kappa shape index (κ1) is 40.7. The lowest BCUT2D eigenvalue weighted by Crippen LogP contribution is -2.70. The van der Waals surface area contributed by atoms with Crippen LogP contribution in [0.5, 0.6) is 11.5 Å². The van der Waals surface area contributed by atoms with Crippen molar-refractivity contribution >= 4 is 17.9 Å². The summed E-state index contributed by atoms with van der Waals surface area (Å²) in [7, 11) is 1.31. The number of methoxy groups -OCH3 is 1. The van der Waals surface area contributed by atoms with Crippen molar-refractivity contribution in [1.82, 2.24) is 10.2 Å². The third-order valence-electron chi connectivity index (χ3n) is 10.5. The van der Waals surface area contributed by atoms with Crippen molar-refractivity contribution in [1.29, 1.82) is 0 Å². The van der Waals surface area contributed by atoms with Gasteiger partial charge in [0.05, 0.1) is 25.3 Å². The minimum absolute atomic E-state index is 0.0196. The monoisotopic (exact) mass is 751 g/mol. The number of hydrogen-bond donors (Lipinski definition) is 3. The van der Waals surface area contributed by atoms with Gasteiger partial charge in [0.25, 0.3) is 0 Å². The van der Waals surface area contributed by atoms with E-state index in [1.54, 1.807) is 35.2 Å². The van der Waals surface area contributed by atoms with Gasteiger partial charge in [-0.25, -0.2) is 14.0 Å². The summed E-state index contributed by atoms with van der Waals surface area (Å²) in [5.41, 5.74) is 2.98. The molecule has 12 nitrogen and oxygen atoms in total. The average Bonchev–Trinajstić information content (AvgIpc) is 3.17. The van der Waals surface area contributed by atoms with Gasteiger partial charge in [0.15, 0.2) is 0 Å². The summed E-state index contributed by atoms with van der Waals surface area (Å²) in [6, 6.07) is 10.4. The summed E-state index contributed by atoms with van der Waals surface area (Å²) >= 11 is 0. The number of aliphatic hydroxyl groups is 2. The number of rotatable bonds is 18. The Balaban J connectivity index is 1.78. The van der Waals surface area contributed by atoms with Crippen LogP contribution in [0.25, 0.3) is 0 Å². The van der Waals surface area contributed by atoms with Gasteiger partial charge in [0.1, 0.15) is 30.0 Å². The van der Waals surface area contributed by atoms with Gasteiger partial charge in [0.2, 0.25) is 5.79 Å². The highest BCUT2D eigenvalue weighted by molar-refractivity contribution is 6.03. The third-order valence-corrected chi connectivity index (χ3v) is 10.5. The van der Waals surface area contributed by atoms with Crippen LogP contribution in [0, 0.1) is 23.6 Å². The zero-order valence-corrected chi connectivity index (χ0v) is 31.5. The highest BCUT2D eigenvalue weighted by atomic mass is 19.1. The van der Waals surface area contributed by atoms with Gasteiger partial charge in [-0.3, -0.25) is 4.90 Å². The molecule has 3 N–H and O–H groups in total. The molecule has 1 aliphatic heterocycles. The number of halogens is 1. The normalized spacial score (nSPS) is 24.7. The molecule has 2 aromatic carbocycles. The number of benzene rings is 2. The number of unbranched alkanes of at least 4 members (excludes halogenated alkanes) is 2. The summed E-state index contributed by atoms with van der Waals surface area (Å²) < 4.78 is 39.2. The van der Waals surface area contributed by atoms with Crippen molar-refractivity contribution < 1.29 is 48.0 Å². The number of hydrogen-bond acceptors (Lipinski definition) is 10. The molecule has 294 valence electrons. The maximum atomic E-state index is 14.0. The molecule has 0 unspecified atom stereocenters. The van der Waals surface area contributed by atoms with Crippen molar-refractivity contribution in [2.45, 2.75) is 83.1 Å². The Hall–Kier alpha value is -4.46. The largest absolute Gasteiger partial charge is 0.459 e. The topological polar surface area (TPSA) is 148 Å². The standard InChI is InChI=1S/C41H54FN3O9/c1-5-22-51-41-36(45(40(49)50-4)26-27-14-16-29(42)17-15-27)25-34(44-52-7-3)32-23-28(12-8-10-20-46)31(13-9-11-21-47)37(38(32)41)33-24-30(18-19-35(33)54-41)53-39(48)43-6-2/h5,14-19,23-24,28,31,36-38,46-47H,1,6-13,20-22,25-26H2,2-4H3,(H,43,48)/t28-,31+,36-,37+,38+,41+/m0/s1. The molecule has 0 saturated heterocycles. The van der Waals surface area contributed by atoms with E-state index in [-0.39, 0.29) is 50.5 Å². The predicted octanol–water partition coefficient (Wildman–Crippen LogP) is 6.86. The molecule has 0 spiro atoms. The Kier molecular flexibility index (Phi) is 14.5. The number of carbonyl (C=O) groups excluding carboxylic acids is 2. The molecule has 0 bridgehead atoms. The van der Waals surface area contributed by atoms with Crippen LogP contribution in [0.1, 0.15) is 75.8 Å². The van der Waals surface area contributed by atoms with E-state index in [1.807, 2.05) is 19.9 Å². The SMILES string of the molecule is C=CCO[C@@]12Oc3ccc(OC(=O)NCC)cc3[C@H]3[C@H](CCCCO)[C@@H](CCCCO)C=C(C(=NOCC)C[C@@H]1N(Cc1ccc(F)cc1)C(=O)OC)[C@H]32. The third kappa shape index (κ3) is 8.90. The van der Waals surface area contributed by atoms with Crippen molar-refractivity contribution in [3.63, 3.8) is 0 Å². The van der Waals surface area contributed by atoms with Crippen LogP contribution in [0.3, 0.4) is 0 Å². The first-order valence-corrected chi connectivity index (χ1v) is 19.0. The van der Waals surface area contributed by atoms with E-state index < -0.39 is 35.8 Å². The van der Waals surface area contributed by atoms with Crippen molar-refractivity contribution in [2.75, 3.05) is 40.1 Å². The highest BCUT2D eigenvalue weighted by Crippen LogP contribution is 2.62. The fraction of sp³-hybridized carbons (Fsp3) is 0.537. The van der Waals surface area contributed by atoms with Crippen molar-refractivity contribution in [2.24, 2.45) is 22.9 Å². The number of carbonyl (C=O) groups is 2. The van der Waals surface area contributed by atoms with Crippen LogP contribution in [-0.2, 0) is 20.9 Å². The van der Waals surface area contributed by atoms with E-state index in [2.05, 4.69) is 23.1 Å². The van der Waals surface area contributed by atoms with E-state index in [9.17, 15) is 24.2 Å². The maximum Gasteiger partial charge on any atom is 0.412 e. The van der Waals surface area contributed by atoms with Gasteiger partial charge in [-0.05, 0) is 92.8 Å². The Morgan fingerprint density at radius 1 is 1.09 bits per heavy atom. The van der Waals surface area contributed by atoms with Gasteiger partial charge in [-0.1, -0.05) is 42.3 Å². The smallest absolute Gasteiger partial charge is 0.412 e. The molecule has 13 heteroatoms. The minimum atomic E-state index is -1.51. The molecule has 2 aromatic rings. The molecular formula is C41H54FN3O9. The number of allylic oxidation sites excluding steroid dienone is 1. The quantitative estimate of drug-likeness (QED) is 0.0845. The second-order valence-corrected chi connectivity index (χ2v) is 13.8. The second kappa shape index (κ2) is 19.2. The summed E-state index contributed by atoms with van der Waals surface area (Å²) in [5, 5.41) is 26.9. The Bertz CT molecular complexity index is 1650. The fourth-order valence-electron chi connectivity index (χ4n) is 8.35. The van der Waals surface area contributed by atoms with Crippen molar-refractivity contribution in [3.05, 3.63) is 83.7 Å². The first-order valence-electron chi connectivity index (χ1n) is 19.0. The van der Waals surface area contributed by atoms with E-state index in [0.29, 0.717) is 48.8 Å². The van der Waals surface area contributed by atoms with Crippen molar-refractivity contribution in [3.8, 4) is 11.5 Å². The average molecular weight is 752 g/mol. The number of fused-ring (bicyclic) bond motifs is 2. The molecule has 2 amide bonds. The van der Waals surface area contributed by atoms with Crippen LogP contribution in [0.2, 0.25) is 0 Å². The van der Waals surface area contributed by atoms with Gasteiger partial charge >= 0.3 is 12.2 Å². The van der Waals surface area contributed by atoms with Crippen LogP contribution in [-0.4, -0.2) is 84.9 Å². The Labute approximate surface area is 316 Å². The molecule has 1 fully saturated rings. The second-order valence-electron chi connectivity index (χ2n) is 13.8. The fourth-order valence-corrected chi connectivity index (χ4v) is 8.35. The zero-order chi connectivity index (χ0) is 38.7. The molecule has 5 rings (SSSR count). The minimum Gasteiger partial charge on any atom is -0.459 e.